The minimum Gasteiger partial charge on any atom is -0.488 e. The molecule has 0 saturated carbocycles. The lowest BCUT2D eigenvalue weighted by molar-refractivity contribution is 0.0526. The summed E-state index contributed by atoms with van der Waals surface area (Å²) >= 11 is 12.2. The van der Waals surface area contributed by atoms with E-state index in [-0.39, 0.29) is 29.5 Å². The predicted octanol–water partition coefficient (Wildman–Crippen LogP) is 2.54. The van der Waals surface area contributed by atoms with E-state index in [4.69, 9.17) is 32.7 Å². The molecule has 1 aromatic carbocycles. The highest BCUT2D eigenvalue weighted by atomic mass is 35.5. The number of esters is 1. The fraction of sp³-hybridized carbons (Fsp3) is 0.385. The van der Waals surface area contributed by atoms with Gasteiger partial charge in [0.2, 0.25) is 0 Å². The molecule has 0 amide bonds. The van der Waals surface area contributed by atoms with Gasteiger partial charge in [0.15, 0.2) is 5.75 Å². The second-order valence-electron chi connectivity index (χ2n) is 4.26. The van der Waals surface area contributed by atoms with Crippen molar-refractivity contribution in [3.05, 3.63) is 33.6 Å². The monoisotopic (exact) mass is 344 g/mol. The van der Waals surface area contributed by atoms with Crippen molar-refractivity contribution in [3.8, 4) is 5.75 Å². The van der Waals surface area contributed by atoms with E-state index in [0.717, 1.165) is 0 Å². The van der Waals surface area contributed by atoms with Crippen molar-refractivity contribution in [1.29, 1.82) is 0 Å². The number of carbonyl (C=O) groups is 1. The molecule has 0 spiro atoms. The lowest BCUT2D eigenvalue weighted by atomic mass is 10.2. The van der Waals surface area contributed by atoms with Crippen molar-refractivity contribution < 1.29 is 14.3 Å². The summed E-state index contributed by atoms with van der Waals surface area (Å²) in [6, 6.07) is 3.04. The minimum atomic E-state index is -0.523. The Kier molecular flexibility index (Phi) is 5.57. The molecular formula is C13H14Cl2N4O3. The molecular weight excluding hydrogens is 331 g/mol. The molecule has 118 valence electrons. The van der Waals surface area contributed by atoms with Gasteiger partial charge in [0.1, 0.15) is 12.4 Å². The third kappa shape index (κ3) is 3.66. The zero-order chi connectivity index (χ0) is 16.1. The maximum Gasteiger partial charge on any atom is 0.339 e. The maximum absolute atomic E-state index is 11.8. The lowest BCUT2D eigenvalue weighted by Crippen LogP contribution is -2.12. The molecule has 2 aromatic rings. The molecule has 0 bridgehead atoms. The van der Waals surface area contributed by atoms with Crippen LogP contribution >= 0.6 is 23.2 Å². The number of hydrogen-bond acceptors (Lipinski definition) is 6. The second kappa shape index (κ2) is 7.42. The fourth-order valence-electron chi connectivity index (χ4n) is 1.72. The summed E-state index contributed by atoms with van der Waals surface area (Å²) in [5.41, 5.74) is 0.210. The second-order valence-corrected chi connectivity index (χ2v) is 5.04. The first-order chi connectivity index (χ1) is 10.5. The Bertz CT molecular complexity index is 675. The smallest absolute Gasteiger partial charge is 0.339 e. The van der Waals surface area contributed by atoms with Crippen molar-refractivity contribution >= 4 is 29.2 Å². The zero-order valence-corrected chi connectivity index (χ0v) is 13.6. The van der Waals surface area contributed by atoms with Crippen molar-refractivity contribution in [1.82, 2.24) is 20.2 Å². The number of aromatic nitrogens is 4. The normalized spacial score (nSPS) is 10.5. The number of benzene rings is 1. The number of halogens is 2. The molecule has 1 aromatic heterocycles. The molecule has 0 atom stereocenters. The third-order valence-corrected chi connectivity index (χ3v) is 3.48. The van der Waals surface area contributed by atoms with Crippen LogP contribution in [-0.4, -0.2) is 39.4 Å². The van der Waals surface area contributed by atoms with E-state index in [0.29, 0.717) is 17.4 Å². The summed E-state index contributed by atoms with van der Waals surface area (Å²) in [4.78, 5) is 11.8. The zero-order valence-electron chi connectivity index (χ0n) is 12.0. The third-order valence-electron chi connectivity index (χ3n) is 2.80. The van der Waals surface area contributed by atoms with Gasteiger partial charge in [0.05, 0.1) is 28.8 Å². The van der Waals surface area contributed by atoms with Gasteiger partial charge in [-0.1, -0.05) is 23.2 Å². The molecule has 0 fully saturated rings. The van der Waals surface area contributed by atoms with Crippen LogP contribution in [0.1, 0.15) is 23.1 Å². The van der Waals surface area contributed by atoms with E-state index >= 15 is 0 Å². The van der Waals surface area contributed by atoms with Crippen LogP contribution in [0.2, 0.25) is 10.0 Å². The first-order valence-electron chi connectivity index (χ1n) is 6.55. The Morgan fingerprint density at radius 1 is 1.36 bits per heavy atom. The Morgan fingerprint density at radius 3 is 2.77 bits per heavy atom. The van der Waals surface area contributed by atoms with Crippen LogP contribution in [0.5, 0.6) is 5.75 Å². The van der Waals surface area contributed by atoms with Crippen LogP contribution < -0.4 is 4.74 Å². The Morgan fingerprint density at radius 2 is 2.14 bits per heavy atom. The van der Waals surface area contributed by atoms with Crippen LogP contribution in [-0.2, 0) is 11.3 Å². The van der Waals surface area contributed by atoms with Gasteiger partial charge in [0, 0.05) is 0 Å². The standard InChI is InChI=1S/C13H14Cl2N4O3/c1-3-21-13(20)9-4-5-10(14)12(11(9)15)22-7-6-19-8(2)16-17-18-19/h4-5H,3,6-7H2,1-2H3. The molecule has 22 heavy (non-hydrogen) atoms. The molecule has 0 aliphatic carbocycles. The number of carbonyl (C=O) groups excluding carboxylic acids is 1. The molecule has 0 aliphatic heterocycles. The highest BCUT2D eigenvalue weighted by molar-refractivity contribution is 6.39. The van der Waals surface area contributed by atoms with Gasteiger partial charge in [0.25, 0.3) is 0 Å². The van der Waals surface area contributed by atoms with Gasteiger partial charge in [-0.15, -0.1) is 5.10 Å². The highest BCUT2D eigenvalue weighted by Gasteiger charge is 2.18. The molecule has 0 saturated heterocycles. The molecule has 0 radical (unpaired) electrons. The van der Waals surface area contributed by atoms with Gasteiger partial charge in [-0.05, 0) is 36.4 Å². The van der Waals surface area contributed by atoms with E-state index in [1.165, 1.54) is 12.1 Å². The van der Waals surface area contributed by atoms with Crippen LogP contribution in [0.4, 0.5) is 0 Å². The van der Waals surface area contributed by atoms with Crippen LogP contribution in [0.3, 0.4) is 0 Å². The summed E-state index contributed by atoms with van der Waals surface area (Å²) in [5, 5.41) is 11.5. The Balaban J connectivity index is 2.11. The topological polar surface area (TPSA) is 79.1 Å². The molecule has 9 heteroatoms. The number of rotatable bonds is 6. The van der Waals surface area contributed by atoms with Gasteiger partial charge in [-0.3, -0.25) is 0 Å². The number of ether oxygens (including phenoxy) is 2. The van der Waals surface area contributed by atoms with Gasteiger partial charge >= 0.3 is 5.97 Å². The summed E-state index contributed by atoms with van der Waals surface area (Å²) in [5.74, 6) is 0.381. The fourth-order valence-corrected chi connectivity index (χ4v) is 2.28. The number of aryl methyl sites for hydroxylation is 1. The average molecular weight is 345 g/mol. The maximum atomic E-state index is 11.8. The van der Waals surface area contributed by atoms with Gasteiger partial charge < -0.3 is 9.47 Å². The predicted molar refractivity (Wildman–Crippen MR) is 80.5 cm³/mol. The van der Waals surface area contributed by atoms with Gasteiger partial charge in [-0.25, -0.2) is 9.48 Å². The van der Waals surface area contributed by atoms with E-state index in [9.17, 15) is 4.79 Å². The molecule has 0 unspecified atom stereocenters. The molecule has 2 rings (SSSR count). The summed E-state index contributed by atoms with van der Waals surface area (Å²) in [6.07, 6.45) is 0. The van der Waals surface area contributed by atoms with E-state index in [1.54, 1.807) is 18.5 Å². The number of hydrogen-bond donors (Lipinski definition) is 0. The largest absolute Gasteiger partial charge is 0.488 e. The number of nitrogens with zero attached hydrogens (tertiary/aromatic N) is 4. The van der Waals surface area contributed by atoms with Crippen LogP contribution in [0, 0.1) is 6.92 Å². The highest BCUT2D eigenvalue weighted by Crippen LogP contribution is 2.36. The molecule has 0 N–H and O–H groups in total. The Hall–Kier alpha value is -1.86. The van der Waals surface area contributed by atoms with E-state index < -0.39 is 5.97 Å². The quantitative estimate of drug-likeness (QED) is 0.749. The Labute approximate surface area is 137 Å². The van der Waals surface area contributed by atoms with Crippen molar-refractivity contribution in [2.24, 2.45) is 0 Å². The summed E-state index contributed by atoms with van der Waals surface area (Å²) < 4.78 is 12.1. The van der Waals surface area contributed by atoms with Crippen molar-refractivity contribution in [3.63, 3.8) is 0 Å². The van der Waals surface area contributed by atoms with Crippen molar-refractivity contribution in [2.45, 2.75) is 20.4 Å². The minimum absolute atomic E-state index is 0.124. The first kappa shape index (κ1) is 16.5. The molecule has 7 nitrogen and oxygen atoms in total. The SMILES string of the molecule is CCOC(=O)c1ccc(Cl)c(OCCn2nnnc2C)c1Cl. The summed E-state index contributed by atoms with van der Waals surface area (Å²) in [7, 11) is 0. The van der Waals surface area contributed by atoms with E-state index in [2.05, 4.69) is 15.5 Å². The van der Waals surface area contributed by atoms with Gasteiger partial charge in [-0.2, -0.15) is 0 Å². The van der Waals surface area contributed by atoms with Crippen molar-refractivity contribution in [2.75, 3.05) is 13.2 Å². The molecule has 0 aliphatic rings. The summed E-state index contributed by atoms with van der Waals surface area (Å²) in [6.45, 7) is 4.42. The number of tetrazole rings is 1. The van der Waals surface area contributed by atoms with Crippen LogP contribution in [0.25, 0.3) is 0 Å². The average Bonchev–Trinajstić information content (AvgIpc) is 2.88. The van der Waals surface area contributed by atoms with E-state index in [1.807, 2.05) is 0 Å². The first-order valence-corrected chi connectivity index (χ1v) is 7.30. The molecule has 1 heterocycles. The van der Waals surface area contributed by atoms with Crippen LogP contribution in [0.15, 0.2) is 12.1 Å². The lowest BCUT2D eigenvalue weighted by Gasteiger charge is -2.12.